The van der Waals surface area contributed by atoms with Crippen LogP contribution in [0.3, 0.4) is 0 Å². The molecule has 0 aliphatic rings. The summed E-state index contributed by atoms with van der Waals surface area (Å²) in [6.07, 6.45) is 0. The van der Waals surface area contributed by atoms with E-state index in [-0.39, 0.29) is 22.8 Å². The van der Waals surface area contributed by atoms with Gasteiger partial charge in [-0.15, -0.1) is 0 Å². The summed E-state index contributed by atoms with van der Waals surface area (Å²) < 4.78 is 1.70. The predicted octanol–water partition coefficient (Wildman–Crippen LogP) is 2.75. The molecule has 0 saturated heterocycles. The van der Waals surface area contributed by atoms with Gasteiger partial charge in [0.15, 0.2) is 5.16 Å². The number of hydrogen-bond donors (Lipinski definition) is 1. The Kier molecular flexibility index (Phi) is 7.44. The highest BCUT2D eigenvalue weighted by molar-refractivity contribution is 7.99. The zero-order valence-electron chi connectivity index (χ0n) is 16.9. The van der Waals surface area contributed by atoms with Gasteiger partial charge in [0.25, 0.3) is 5.56 Å². The smallest absolute Gasteiger partial charge is 0.262 e. The third kappa shape index (κ3) is 6.07. The van der Waals surface area contributed by atoms with Crippen LogP contribution in [0.5, 0.6) is 0 Å². The molecule has 2 aromatic rings. The van der Waals surface area contributed by atoms with Crippen molar-refractivity contribution in [3.05, 3.63) is 34.6 Å². The normalized spacial score (nSPS) is 11.9. The molecule has 0 atom stereocenters. The molecule has 0 fully saturated rings. The molecule has 1 aromatic heterocycles. The van der Waals surface area contributed by atoms with Crippen LogP contribution in [0.2, 0.25) is 0 Å². The Labute approximate surface area is 165 Å². The molecule has 0 spiro atoms. The van der Waals surface area contributed by atoms with Crippen molar-refractivity contribution < 1.29 is 4.79 Å². The van der Waals surface area contributed by atoms with E-state index in [0.717, 1.165) is 19.6 Å². The molecule has 7 heteroatoms. The Morgan fingerprint density at radius 2 is 1.89 bits per heavy atom. The van der Waals surface area contributed by atoms with Crippen LogP contribution in [0.4, 0.5) is 0 Å². The minimum atomic E-state index is -0.281. The fourth-order valence-electron chi connectivity index (χ4n) is 2.82. The first-order valence-electron chi connectivity index (χ1n) is 9.41. The number of carbonyl (C=O) groups excluding carboxylic acids is 1. The van der Waals surface area contributed by atoms with Gasteiger partial charge in [-0.25, -0.2) is 4.98 Å². The lowest BCUT2D eigenvalue weighted by molar-refractivity contribution is -0.119. The number of thioether (sulfide) groups is 1. The highest BCUT2D eigenvalue weighted by Crippen LogP contribution is 2.18. The highest BCUT2D eigenvalue weighted by atomic mass is 32.2. The molecule has 6 nitrogen and oxygen atoms in total. The number of aromatic nitrogens is 2. The SMILES string of the molecule is CCN(CC)CCn1c(SCC(=O)NC(C)(C)C)nc2ccccc2c1=O. The standard InChI is InChI=1S/C20H30N4O2S/c1-6-23(7-2)12-13-24-18(26)15-10-8-9-11-16(15)21-19(24)27-14-17(25)22-20(3,4)5/h8-11H,6-7,12-14H2,1-5H3,(H,22,25). The average Bonchev–Trinajstić information content (AvgIpc) is 2.61. The maximum atomic E-state index is 13.0. The summed E-state index contributed by atoms with van der Waals surface area (Å²) in [6.45, 7) is 13.3. The molecule has 1 N–H and O–H groups in total. The van der Waals surface area contributed by atoms with Gasteiger partial charge >= 0.3 is 0 Å². The third-order valence-corrected chi connectivity index (χ3v) is 5.18. The van der Waals surface area contributed by atoms with Crippen LogP contribution in [-0.2, 0) is 11.3 Å². The van der Waals surface area contributed by atoms with Gasteiger partial charge in [0.2, 0.25) is 5.91 Å². The fraction of sp³-hybridized carbons (Fsp3) is 0.550. The Balaban J connectivity index is 2.30. The molecule has 0 aliphatic heterocycles. The second-order valence-electron chi connectivity index (χ2n) is 7.48. The number of benzene rings is 1. The lowest BCUT2D eigenvalue weighted by Crippen LogP contribution is -2.41. The molecule has 0 radical (unpaired) electrons. The molecular weight excluding hydrogens is 360 g/mol. The zero-order valence-corrected chi connectivity index (χ0v) is 17.7. The largest absolute Gasteiger partial charge is 0.351 e. The van der Waals surface area contributed by atoms with Crippen LogP contribution >= 0.6 is 11.8 Å². The van der Waals surface area contributed by atoms with Gasteiger partial charge < -0.3 is 10.2 Å². The maximum absolute atomic E-state index is 13.0. The Morgan fingerprint density at radius 1 is 1.22 bits per heavy atom. The molecule has 0 saturated carbocycles. The summed E-state index contributed by atoms with van der Waals surface area (Å²) in [6, 6.07) is 7.36. The second-order valence-corrected chi connectivity index (χ2v) is 8.42. The van der Waals surface area contributed by atoms with Gasteiger partial charge in [0.1, 0.15) is 0 Å². The molecule has 148 valence electrons. The van der Waals surface area contributed by atoms with Gasteiger partial charge in [0, 0.05) is 18.6 Å². The van der Waals surface area contributed by atoms with E-state index in [1.807, 2.05) is 39.0 Å². The number of carbonyl (C=O) groups is 1. The average molecular weight is 391 g/mol. The number of fused-ring (bicyclic) bond motifs is 1. The molecule has 2 rings (SSSR count). The zero-order chi connectivity index (χ0) is 20.0. The second kappa shape index (κ2) is 9.37. The summed E-state index contributed by atoms with van der Waals surface area (Å²) in [5, 5.41) is 4.15. The predicted molar refractivity (Wildman–Crippen MR) is 112 cm³/mol. The number of nitrogens with zero attached hydrogens (tertiary/aromatic N) is 3. The van der Waals surface area contributed by atoms with Crippen LogP contribution < -0.4 is 10.9 Å². The van der Waals surface area contributed by atoms with Crippen molar-refractivity contribution in [1.29, 1.82) is 0 Å². The lowest BCUT2D eigenvalue weighted by Gasteiger charge is -2.21. The van der Waals surface area contributed by atoms with E-state index < -0.39 is 0 Å². The lowest BCUT2D eigenvalue weighted by atomic mass is 10.1. The van der Waals surface area contributed by atoms with E-state index in [2.05, 4.69) is 29.0 Å². The van der Waals surface area contributed by atoms with E-state index in [0.29, 0.717) is 22.6 Å². The quantitative estimate of drug-likeness (QED) is 0.554. The first kappa shape index (κ1) is 21.4. The van der Waals surface area contributed by atoms with Crippen molar-refractivity contribution in [1.82, 2.24) is 19.8 Å². The van der Waals surface area contributed by atoms with E-state index in [1.165, 1.54) is 11.8 Å². The number of nitrogens with one attached hydrogen (secondary N) is 1. The van der Waals surface area contributed by atoms with Crippen molar-refractivity contribution in [2.45, 2.75) is 51.9 Å². The minimum Gasteiger partial charge on any atom is -0.351 e. The van der Waals surface area contributed by atoms with E-state index in [4.69, 9.17) is 0 Å². The van der Waals surface area contributed by atoms with Crippen LogP contribution in [-0.4, -0.2) is 51.3 Å². The van der Waals surface area contributed by atoms with Gasteiger partial charge in [0.05, 0.1) is 16.7 Å². The van der Waals surface area contributed by atoms with Crippen molar-refractivity contribution >= 4 is 28.6 Å². The van der Waals surface area contributed by atoms with Crippen molar-refractivity contribution in [3.63, 3.8) is 0 Å². The van der Waals surface area contributed by atoms with Gasteiger partial charge in [-0.3, -0.25) is 14.2 Å². The topological polar surface area (TPSA) is 67.2 Å². The third-order valence-electron chi connectivity index (χ3n) is 4.21. The van der Waals surface area contributed by atoms with E-state index in [9.17, 15) is 9.59 Å². The number of rotatable bonds is 8. The summed E-state index contributed by atoms with van der Waals surface area (Å²) in [5.41, 5.74) is 0.337. The van der Waals surface area contributed by atoms with Gasteiger partial charge in [-0.1, -0.05) is 37.7 Å². The number of hydrogen-bond acceptors (Lipinski definition) is 5. The van der Waals surface area contributed by atoms with Crippen molar-refractivity contribution in [2.75, 3.05) is 25.4 Å². The van der Waals surface area contributed by atoms with Crippen molar-refractivity contribution in [2.24, 2.45) is 0 Å². The first-order chi connectivity index (χ1) is 12.7. The molecule has 0 bridgehead atoms. The summed E-state index contributed by atoms with van der Waals surface area (Å²) in [5.74, 6) is 0.165. The number of para-hydroxylation sites is 1. The Bertz CT molecular complexity index is 838. The van der Waals surface area contributed by atoms with Gasteiger partial charge in [-0.2, -0.15) is 0 Å². The Hall–Kier alpha value is -1.86. The molecule has 0 aliphatic carbocycles. The van der Waals surface area contributed by atoms with Crippen LogP contribution in [0, 0.1) is 0 Å². The van der Waals surface area contributed by atoms with Gasteiger partial charge in [-0.05, 0) is 46.0 Å². The number of amides is 1. The van der Waals surface area contributed by atoms with Crippen LogP contribution in [0.15, 0.2) is 34.2 Å². The number of likely N-dealkylation sites (N-methyl/N-ethyl adjacent to an activating group) is 1. The van der Waals surface area contributed by atoms with Crippen molar-refractivity contribution in [3.8, 4) is 0 Å². The Morgan fingerprint density at radius 3 is 2.52 bits per heavy atom. The molecule has 1 aromatic carbocycles. The first-order valence-corrected chi connectivity index (χ1v) is 10.4. The van der Waals surface area contributed by atoms with E-state index in [1.54, 1.807) is 10.6 Å². The summed E-state index contributed by atoms with van der Waals surface area (Å²) in [4.78, 5) is 32.1. The maximum Gasteiger partial charge on any atom is 0.262 e. The molecule has 1 heterocycles. The minimum absolute atomic E-state index is 0.0496. The molecule has 27 heavy (non-hydrogen) atoms. The summed E-state index contributed by atoms with van der Waals surface area (Å²) >= 11 is 1.31. The summed E-state index contributed by atoms with van der Waals surface area (Å²) in [7, 11) is 0. The fourth-order valence-corrected chi connectivity index (χ4v) is 3.65. The van der Waals surface area contributed by atoms with Crippen LogP contribution in [0.25, 0.3) is 10.9 Å². The van der Waals surface area contributed by atoms with Crippen LogP contribution in [0.1, 0.15) is 34.6 Å². The van der Waals surface area contributed by atoms with E-state index >= 15 is 0 Å². The monoisotopic (exact) mass is 390 g/mol. The molecular formula is C20H30N4O2S. The molecule has 0 unspecified atom stereocenters. The molecule has 1 amide bonds. The highest BCUT2D eigenvalue weighted by Gasteiger charge is 2.17.